The van der Waals surface area contributed by atoms with E-state index in [9.17, 15) is 9.50 Å². The molecular weight excluding hydrogens is 197 g/mol. The van der Waals surface area contributed by atoms with Crippen molar-refractivity contribution in [2.24, 2.45) is 0 Å². The number of rotatable bonds is 2. The van der Waals surface area contributed by atoms with Crippen LogP contribution in [0.5, 0.6) is 0 Å². The maximum Gasteiger partial charge on any atom is 0.146 e. The van der Waals surface area contributed by atoms with Gasteiger partial charge in [0.15, 0.2) is 0 Å². The predicted molar refractivity (Wildman–Crippen MR) is 51.6 cm³/mol. The first kappa shape index (κ1) is 9.86. The SMILES string of the molecule is CC(O)(c1cncc(F)c1)c1ccco1. The summed E-state index contributed by atoms with van der Waals surface area (Å²) < 4.78 is 18.0. The number of nitrogens with zero attached hydrogens (tertiary/aromatic N) is 1. The summed E-state index contributed by atoms with van der Waals surface area (Å²) in [7, 11) is 0. The van der Waals surface area contributed by atoms with Gasteiger partial charge in [-0.05, 0) is 25.1 Å². The van der Waals surface area contributed by atoms with Crippen LogP contribution >= 0.6 is 0 Å². The average molecular weight is 207 g/mol. The molecule has 4 heteroatoms. The van der Waals surface area contributed by atoms with E-state index in [1.807, 2.05) is 0 Å². The number of aliphatic hydroxyl groups is 1. The van der Waals surface area contributed by atoms with Crippen molar-refractivity contribution in [1.82, 2.24) is 4.98 Å². The lowest BCUT2D eigenvalue weighted by Gasteiger charge is -2.20. The minimum atomic E-state index is -1.36. The van der Waals surface area contributed by atoms with Gasteiger partial charge in [-0.25, -0.2) is 4.39 Å². The van der Waals surface area contributed by atoms with Crippen LogP contribution in [0.3, 0.4) is 0 Å². The molecule has 0 radical (unpaired) electrons. The van der Waals surface area contributed by atoms with E-state index in [1.165, 1.54) is 25.5 Å². The Labute approximate surface area is 86.2 Å². The molecule has 0 aromatic carbocycles. The lowest BCUT2D eigenvalue weighted by molar-refractivity contribution is 0.0760. The van der Waals surface area contributed by atoms with E-state index in [0.29, 0.717) is 11.3 Å². The molecule has 1 N–H and O–H groups in total. The zero-order valence-electron chi connectivity index (χ0n) is 8.14. The van der Waals surface area contributed by atoms with Crippen molar-refractivity contribution in [2.75, 3.05) is 0 Å². The van der Waals surface area contributed by atoms with E-state index in [-0.39, 0.29) is 0 Å². The number of hydrogen-bond acceptors (Lipinski definition) is 3. The second kappa shape index (κ2) is 3.47. The van der Waals surface area contributed by atoms with E-state index in [0.717, 1.165) is 6.20 Å². The molecule has 15 heavy (non-hydrogen) atoms. The minimum absolute atomic E-state index is 0.356. The van der Waals surface area contributed by atoms with E-state index >= 15 is 0 Å². The predicted octanol–water partition coefficient (Wildman–Crippen LogP) is 2.07. The normalized spacial score (nSPS) is 14.9. The maximum atomic E-state index is 12.9. The monoisotopic (exact) mass is 207 g/mol. The summed E-state index contributed by atoms with van der Waals surface area (Å²) in [5.74, 6) is -0.130. The third kappa shape index (κ3) is 1.76. The van der Waals surface area contributed by atoms with Crippen LogP contribution in [0.2, 0.25) is 0 Å². The highest BCUT2D eigenvalue weighted by atomic mass is 19.1. The van der Waals surface area contributed by atoms with Crippen LogP contribution < -0.4 is 0 Å². The van der Waals surface area contributed by atoms with Crippen LogP contribution in [0.25, 0.3) is 0 Å². The molecule has 0 saturated heterocycles. The van der Waals surface area contributed by atoms with Crippen LogP contribution in [0.15, 0.2) is 41.3 Å². The molecule has 78 valence electrons. The van der Waals surface area contributed by atoms with Gasteiger partial charge >= 0.3 is 0 Å². The van der Waals surface area contributed by atoms with Gasteiger partial charge in [0.2, 0.25) is 0 Å². The van der Waals surface area contributed by atoms with Crippen molar-refractivity contribution in [3.8, 4) is 0 Å². The first-order valence-corrected chi connectivity index (χ1v) is 4.48. The molecule has 2 aromatic rings. The van der Waals surface area contributed by atoms with Gasteiger partial charge in [-0.15, -0.1) is 0 Å². The molecule has 0 fully saturated rings. The summed E-state index contributed by atoms with van der Waals surface area (Å²) in [5, 5.41) is 10.2. The summed E-state index contributed by atoms with van der Waals surface area (Å²) in [5.41, 5.74) is -1.00. The Bertz CT molecular complexity index is 451. The smallest absolute Gasteiger partial charge is 0.146 e. The van der Waals surface area contributed by atoms with Crippen LogP contribution in [-0.2, 0) is 5.60 Å². The molecule has 0 spiro atoms. The average Bonchev–Trinajstić information content (AvgIpc) is 2.71. The van der Waals surface area contributed by atoms with Gasteiger partial charge in [0, 0.05) is 11.8 Å². The summed E-state index contributed by atoms with van der Waals surface area (Å²) in [6, 6.07) is 4.52. The van der Waals surface area contributed by atoms with Gasteiger partial charge in [-0.2, -0.15) is 0 Å². The summed E-state index contributed by atoms with van der Waals surface area (Å²) >= 11 is 0. The second-order valence-electron chi connectivity index (χ2n) is 3.44. The summed E-state index contributed by atoms with van der Waals surface area (Å²) in [4.78, 5) is 3.68. The minimum Gasteiger partial charge on any atom is -0.466 e. The van der Waals surface area contributed by atoms with Crippen LogP contribution in [0, 0.1) is 5.82 Å². The topological polar surface area (TPSA) is 46.3 Å². The number of furan rings is 1. The van der Waals surface area contributed by atoms with E-state index in [2.05, 4.69) is 4.98 Å². The van der Waals surface area contributed by atoms with E-state index in [1.54, 1.807) is 12.1 Å². The van der Waals surface area contributed by atoms with Crippen molar-refractivity contribution in [3.63, 3.8) is 0 Å². The lowest BCUT2D eigenvalue weighted by atomic mass is 9.95. The summed E-state index contributed by atoms with van der Waals surface area (Å²) in [6.45, 7) is 1.53. The highest BCUT2D eigenvalue weighted by molar-refractivity contribution is 5.27. The number of pyridine rings is 1. The van der Waals surface area contributed by atoms with Crippen LogP contribution in [0.4, 0.5) is 4.39 Å². The first-order valence-electron chi connectivity index (χ1n) is 4.48. The number of hydrogen-bond donors (Lipinski definition) is 1. The Hall–Kier alpha value is -1.68. The number of aromatic nitrogens is 1. The molecule has 0 saturated carbocycles. The summed E-state index contributed by atoms with van der Waals surface area (Å²) in [6.07, 6.45) is 3.95. The van der Waals surface area contributed by atoms with Gasteiger partial charge in [-0.3, -0.25) is 4.98 Å². The van der Waals surface area contributed by atoms with Gasteiger partial charge in [0.25, 0.3) is 0 Å². The van der Waals surface area contributed by atoms with Crippen molar-refractivity contribution < 1.29 is 13.9 Å². The lowest BCUT2D eigenvalue weighted by Crippen LogP contribution is -2.22. The van der Waals surface area contributed by atoms with E-state index in [4.69, 9.17) is 4.42 Å². The molecule has 1 atom stereocenters. The Kier molecular flexibility index (Phi) is 2.28. The molecular formula is C11H10FNO2. The third-order valence-corrected chi connectivity index (χ3v) is 2.27. The highest BCUT2D eigenvalue weighted by Gasteiger charge is 2.29. The molecule has 2 heterocycles. The molecule has 0 aliphatic carbocycles. The van der Waals surface area contributed by atoms with Gasteiger partial charge < -0.3 is 9.52 Å². The van der Waals surface area contributed by atoms with Gasteiger partial charge in [-0.1, -0.05) is 0 Å². The first-order chi connectivity index (χ1) is 7.10. The molecule has 3 nitrogen and oxygen atoms in total. The van der Waals surface area contributed by atoms with Crippen LogP contribution in [-0.4, -0.2) is 10.1 Å². The number of halogens is 1. The van der Waals surface area contributed by atoms with E-state index < -0.39 is 11.4 Å². The molecule has 0 bridgehead atoms. The third-order valence-electron chi connectivity index (χ3n) is 2.27. The quantitative estimate of drug-likeness (QED) is 0.819. The van der Waals surface area contributed by atoms with Crippen molar-refractivity contribution in [2.45, 2.75) is 12.5 Å². The molecule has 0 aliphatic rings. The Balaban J connectivity index is 2.46. The zero-order chi connectivity index (χ0) is 10.9. The van der Waals surface area contributed by atoms with Crippen molar-refractivity contribution >= 4 is 0 Å². The van der Waals surface area contributed by atoms with Gasteiger partial charge in [0.05, 0.1) is 12.5 Å². The maximum absolute atomic E-state index is 12.9. The molecule has 2 rings (SSSR count). The second-order valence-corrected chi connectivity index (χ2v) is 3.44. The molecule has 1 unspecified atom stereocenters. The fourth-order valence-electron chi connectivity index (χ4n) is 1.38. The zero-order valence-corrected chi connectivity index (χ0v) is 8.14. The molecule has 0 aliphatic heterocycles. The van der Waals surface area contributed by atoms with Crippen molar-refractivity contribution in [3.05, 3.63) is 54.0 Å². The van der Waals surface area contributed by atoms with Crippen molar-refractivity contribution in [1.29, 1.82) is 0 Å². The Morgan fingerprint density at radius 2 is 2.27 bits per heavy atom. The standard InChI is InChI=1S/C11H10FNO2/c1-11(14,10-3-2-4-15-10)8-5-9(12)7-13-6-8/h2-7,14H,1H3. The van der Waals surface area contributed by atoms with Crippen LogP contribution in [0.1, 0.15) is 18.2 Å². The highest BCUT2D eigenvalue weighted by Crippen LogP contribution is 2.28. The Morgan fingerprint density at radius 1 is 1.47 bits per heavy atom. The molecule has 2 aromatic heterocycles. The Morgan fingerprint density at radius 3 is 2.87 bits per heavy atom. The molecule has 0 amide bonds. The fourth-order valence-corrected chi connectivity index (χ4v) is 1.38. The largest absolute Gasteiger partial charge is 0.466 e. The van der Waals surface area contributed by atoms with Gasteiger partial charge in [0.1, 0.15) is 17.2 Å². The fraction of sp³-hybridized carbons (Fsp3) is 0.182.